The van der Waals surface area contributed by atoms with E-state index in [0.717, 1.165) is 0 Å². The van der Waals surface area contributed by atoms with Crippen molar-refractivity contribution >= 4 is 0 Å². The zero-order chi connectivity index (χ0) is 18.5. The summed E-state index contributed by atoms with van der Waals surface area (Å²) in [5.74, 6) is 1.01. The van der Waals surface area contributed by atoms with Gasteiger partial charge in [0.15, 0.2) is 6.61 Å². The smallest absolute Gasteiger partial charge is 0.272 e. The van der Waals surface area contributed by atoms with E-state index in [9.17, 15) is 8.78 Å². The van der Waals surface area contributed by atoms with Gasteiger partial charge < -0.3 is 9.26 Å². The lowest BCUT2D eigenvalue weighted by atomic mass is 9.94. The average molecular weight is 359 g/mol. The molecule has 0 bridgehead atoms. The van der Waals surface area contributed by atoms with Crippen molar-refractivity contribution in [2.45, 2.75) is 32.6 Å². The van der Waals surface area contributed by atoms with Gasteiger partial charge in [-0.25, -0.2) is 13.8 Å². The third-order valence-electron chi connectivity index (χ3n) is 4.03. The third kappa shape index (κ3) is 4.22. The van der Waals surface area contributed by atoms with E-state index < -0.39 is 13.0 Å². The highest BCUT2D eigenvalue weighted by atomic mass is 19.3. The van der Waals surface area contributed by atoms with Gasteiger partial charge in [-0.3, -0.25) is 0 Å². The highest BCUT2D eigenvalue weighted by Gasteiger charge is 2.18. The number of aryl methyl sites for hydroxylation is 1. The van der Waals surface area contributed by atoms with Gasteiger partial charge in [0.1, 0.15) is 0 Å². The summed E-state index contributed by atoms with van der Waals surface area (Å²) in [6, 6.07) is 11.5. The monoisotopic (exact) mass is 359 g/mol. The lowest BCUT2D eigenvalue weighted by Gasteiger charge is -2.12. The van der Waals surface area contributed by atoms with Crippen LogP contribution in [0.4, 0.5) is 8.78 Å². The summed E-state index contributed by atoms with van der Waals surface area (Å²) in [7, 11) is 0. The fourth-order valence-electron chi connectivity index (χ4n) is 2.78. The molecule has 3 aromatic rings. The van der Waals surface area contributed by atoms with Crippen LogP contribution >= 0.6 is 0 Å². The standard InChI is InChI=1S/C19H19F2N3O2/c1-12-6-3-4-7-14(12)13(2)10-17-23-18(24-26-17)15-8-5-9-22-19(15)25-11-16(20)21/h3-9,13,16H,10-11H2,1-2H3. The van der Waals surface area contributed by atoms with Crippen LogP contribution in [-0.2, 0) is 6.42 Å². The molecule has 3 rings (SSSR count). The molecule has 1 atom stereocenters. The van der Waals surface area contributed by atoms with E-state index in [4.69, 9.17) is 9.26 Å². The van der Waals surface area contributed by atoms with Crippen molar-refractivity contribution in [2.75, 3.05) is 6.61 Å². The molecule has 0 saturated heterocycles. The number of halogens is 2. The molecule has 1 aromatic carbocycles. The van der Waals surface area contributed by atoms with Crippen molar-refractivity contribution in [3.63, 3.8) is 0 Å². The van der Waals surface area contributed by atoms with Crippen LogP contribution in [-0.4, -0.2) is 28.2 Å². The number of alkyl halides is 2. The Kier molecular flexibility index (Phi) is 5.55. The van der Waals surface area contributed by atoms with Crippen LogP contribution in [0.5, 0.6) is 5.88 Å². The van der Waals surface area contributed by atoms with Crippen LogP contribution in [0.3, 0.4) is 0 Å². The molecule has 0 N–H and O–H groups in total. The maximum absolute atomic E-state index is 12.4. The molecule has 0 aliphatic carbocycles. The maximum atomic E-state index is 12.4. The number of hydrogen-bond acceptors (Lipinski definition) is 5. The largest absolute Gasteiger partial charge is 0.471 e. The Morgan fingerprint density at radius 2 is 1.96 bits per heavy atom. The van der Waals surface area contributed by atoms with Crippen LogP contribution in [0.25, 0.3) is 11.4 Å². The van der Waals surface area contributed by atoms with Gasteiger partial charge in [-0.1, -0.05) is 36.3 Å². The van der Waals surface area contributed by atoms with Gasteiger partial charge in [-0.05, 0) is 36.1 Å². The first-order valence-corrected chi connectivity index (χ1v) is 8.29. The average Bonchev–Trinajstić information content (AvgIpc) is 3.08. The van der Waals surface area contributed by atoms with Crippen LogP contribution in [0, 0.1) is 6.92 Å². The third-order valence-corrected chi connectivity index (χ3v) is 4.03. The molecular weight excluding hydrogens is 340 g/mol. The number of ether oxygens (including phenoxy) is 1. The molecular formula is C19H19F2N3O2. The first-order valence-electron chi connectivity index (χ1n) is 8.29. The van der Waals surface area contributed by atoms with Gasteiger partial charge in [0.05, 0.1) is 5.56 Å². The fraction of sp³-hybridized carbons (Fsp3) is 0.316. The van der Waals surface area contributed by atoms with Gasteiger partial charge in [0.25, 0.3) is 6.43 Å². The number of pyridine rings is 1. The van der Waals surface area contributed by atoms with Crippen molar-refractivity contribution in [3.05, 3.63) is 59.6 Å². The first kappa shape index (κ1) is 18.0. The first-order chi connectivity index (χ1) is 12.5. The number of rotatable bonds is 7. The molecule has 136 valence electrons. The summed E-state index contributed by atoms with van der Waals surface area (Å²) < 4.78 is 35.2. The second kappa shape index (κ2) is 8.03. The molecule has 0 amide bonds. The van der Waals surface area contributed by atoms with Crippen LogP contribution in [0.15, 0.2) is 47.1 Å². The summed E-state index contributed by atoms with van der Waals surface area (Å²) in [6.07, 6.45) is -0.544. The zero-order valence-electron chi connectivity index (χ0n) is 14.5. The Labute approximate surface area is 150 Å². The number of nitrogens with zero attached hydrogens (tertiary/aromatic N) is 3. The maximum Gasteiger partial charge on any atom is 0.272 e. The molecule has 0 saturated carbocycles. The molecule has 0 spiro atoms. The lowest BCUT2D eigenvalue weighted by molar-refractivity contribution is 0.0799. The molecule has 5 nitrogen and oxygen atoms in total. The van der Waals surface area contributed by atoms with Gasteiger partial charge >= 0.3 is 0 Å². The van der Waals surface area contributed by atoms with E-state index in [2.05, 4.69) is 41.1 Å². The van der Waals surface area contributed by atoms with E-state index in [1.165, 1.54) is 17.3 Å². The molecule has 0 aliphatic rings. The fourth-order valence-corrected chi connectivity index (χ4v) is 2.78. The highest BCUT2D eigenvalue weighted by molar-refractivity contribution is 5.60. The number of hydrogen-bond donors (Lipinski definition) is 0. The number of aromatic nitrogens is 3. The minimum atomic E-state index is -2.58. The minimum absolute atomic E-state index is 0.0621. The Hall–Kier alpha value is -2.83. The van der Waals surface area contributed by atoms with Crippen molar-refractivity contribution in [2.24, 2.45) is 0 Å². The summed E-state index contributed by atoms with van der Waals surface area (Å²) in [4.78, 5) is 8.36. The van der Waals surface area contributed by atoms with Gasteiger partial charge in [0.2, 0.25) is 17.6 Å². The summed E-state index contributed by atoms with van der Waals surface area (Å²) in [5, 5.41) is 3.95. The van der Waals surface area contributed by atoms with E-state index in [1.807, 2.05) is 12.1 Å². The van der Waals surface area contributed by atoms with E-state index in [0.29, 0.717) is 17.9 Å². The molecule has 26 heavy (non-hydrogen) atoms. The Balaban J connectivity index is 1.77. The molecule has 0 fully saturated rings. The minimum Gasteiger partial charge on any atom is -0.471 e. The molecule has 1 unspecified atom stereocenters. The number of benzene rings is 1. The second-order valence-electron chi connectivity index (χ2n) is 6.03. The normalized spacial score (nSPS) is 12.3. The van der Waals surface area contributed by atoms with E-state index >= 15 is 0 Å². The Morgan fingerprint density at radius 3 is 2.73 bits per heavy atom. The van der Waals surface area contributed by atoms with Crippen LogP contribution in [0.2, 0.25) is 0 Å². The van der Waals surface area contributed by atoms with Crippen molar-refractivity contribution < 1.29 is 18.0 Å². The quantitative estimate of drug-likeness (QED) is 0.624. The Morgan fingerprint density at radius 1 is 1.15 bits per heavy atom. The van der Waals surface area contributed by atoms with Crippen molar-refractivity contribution in [1.82, 2.24) is 15.1 Å². The SMILES string of the molecule is Cc1ccccc1C(C)Cc1nc(-c2cccnc2OCC(F)F)no1. The van der Waals surface area contributed by atoms with Crippen LogP contribution in [0.1, 0.15) is 29.9 Å². The zero-order valence-corrected chi connectivity index (χ0v) is 14.5. The summed E-state index contributed by atoms with van der Waals surface area (Å²) in [5.41, 5.74) is 2.84. The highest BCUT2D eigenvalue weighted by Crippen LogP contribution is 2.27. The van der Waals surface area contributed by atoms with Crippen LogP contribution < -0.4 is 4.74 Å². The second-order valence-corrected chi connectivity index (χ2v) is 6.03. The van der Waals surface area contributed by atoms with Gasteiger partial charge in [0, 0.05) is 12.6 Å². The Bertz CT molecular complexity index is 867. The lowest BCUT2D eigenvalue weighted by Crippen LogP contribution is -2.08. The topological polar surface area (TPSA) is 61.0 Å². The predicted molar refractivity (Wildman–Crippen MR) is 92.3 cm³/mol. The van der Waals surface area contributed by atoms with Gasteiger partial charge in [-0.15, -0.1) is 0 Å². The predicted octanol–water partition coefficient (Wildman–Crippen LogP) is 4.43. The summed E-state index contributed by atoms with van der Waals surface area (Å²) >= 11 is 0. The van der Waals surface area contributed by atoms with Crippen molar-refractivity contribution in [3.8, 4) is 17.3 Å². The molecule has 2 aromatic heterocycles. The van der Waals surface area contributed by atoms with Crippen molar-refractivity contribution in [1.29, 1.82) is 0 Å². The summed E-state index contributed by atoms with van der Waals surface area (Å²) in [6.45, 7) is 3.42. The molecule has 2 heterocycles. The van der Waals surface area contributed by atoms with Gasteiger partial charge in [-0.2, -0.15) is 4.98 Å². The van der Waals surface area contributed by atoms with E-state index in [1.54, 1.807) is 12.1 Å². The molecule has 0 radical (unpaired) electrons. The molecule has 7 heteroatoms. The van der Waals surface area contributed by atoms with E-state index in [-0.39, 0.29) is 17.6 Å². The molecule has 0 aliphatic heterocycles.